The van der Waals surface area contributed by atoms with Gasteiger partial charge in [0.1, 0.15) is 11.4 Å². The van der Waals surface area contributed by atoms with Crippen LogP contribution >= 0.6 is 23.1 Å². The number of anilines is 2. The number of amides is 3. The van der Waals surface area contributed by atoms with Gasteiger partial charge in [-0.1, -0.05) is 55.5 Å². The van der Waals surface area contributed by atoms with Crippen LogP contribution < -0.4 is 20.7 Å². The van der Waals surface area contributed by atoms with Crippen LogP contribution in [0, 0.1) is 6.92 Å². The molecule has 1 heterocycles. The molecular weight excluding hydrogens is 641 g/mol. The molecule has 5 rings (SSSR count). The predicted octanol–water partition coefficient (Wildman–Crippen LogP) is 8.44. The number of thiazole rings is 1. The van der Waals surface area contributed by atoms with Crippen molar-refractivity contribution in [1.29, 1.82) is 0 Å². The van der Waals surface area contributed by atoms with E-state index in [4.69, 9.17) is 4.74 Å². The fourth-order valence-corrected chi connectivity index (χ4v) is 6.45. The Kier molecular flexibility index (Phi) is 11.8. The number of benzene rings is 4. The van der Waals surface area contributed by atoms with Crippen molar-refractivity contribution >= 4 is 57.7 Å². The molecule has 0 bridgehead atoms. The lowest BCUT2D eigenvalue weighted by atomic mass is 10.1. The van der Waals surface area contributed by atoms with Gasteiger partial charge in [-0.25, -0.2) is 4.98 Å². The van der Waals surface area contributed by atoms with E-state index in [1.807, 2.05) is 98.9 Å². The fourth-order valence-electron chi connectivity index (χ4n) is 4.72. The third-order valence-electron chi connectivity index (χ3n) is 7.25. The van der Waals surface area contributed by atoms with Crippen LogP contribution in [0.15, 0.2) is 119 Å². The molecule has 0 fully saturated rings. The molecule has 1 unspecified atom stereocenters. The number of aromatic nitrogens is 1. The number of hydrogen-bond donors (Lipinski definition) is 3. The largest absolute Gasteiger partial charge is 0.494 e. The molecule has 0 aliphatic carbocycles. The van der Waals surface area contributed by atoms with E-state index in [0.717, 1.165) is 33.0 Å². The number of thioether (sulfide) groups is 1. The number of rotatable bonds is 13. The van der Waals surface area contributed by atoms with Crippen LogP contribution in [-0.4, -0.2) is 34.6 Å². The minimum atomic E-state index is -0.471. The second-order valence-corrected chi connectivity index (χ2v) is 12.9. The van der Waals surface area contributed by atoms with Gasteiger partial charge in [-0.15, -0.1) is 23.1 Å². The molecule has 8 nitrogen and oxygen atoms in total. The van der Waals surface area contributed by atoms with E-state index in [1.165, 1.54) is 23.1 Å². The van der Waals surface area contributed by atoms with Crippen LogP contribution in [0.3, 0.4) is 0 Å². The van der Waals surface area contributed by atoms with Gasteiger partial charge in [-0.05, 0) is 92.1 Å². The van der Waals surface area contributed by atoms with Gasteiger partial charge in [0.25, 0.3) is 11.8 Å². The van der Waals surface area contributed by atoms with E-state index in [0.29, 0.717) is 29.4 Å². The van der Waals surface area contributed by atoms with E-state index in [-0.39, 0.29) is 11.6 Å². The zero-order valence-corrected chi connectivity index (χ0v) is 28.5. The van der Waals surface area contributed by atoms with Gasteiger partial charge in [0, 0.05) is 27.1 Å². The molecule has 10 heteroatoms. The van der Waals surface area contributed by atoms with Crippen molar-refractivity contribution in [3.05, 3.63) is 131 Å². The molecule has 1 aromatic heterocycles. The highest BCUT2D eigenvalue weighted by Gasteiger charge is 2.21. The summed E-state index contributed by atoms with van der Waals surface area (Å²) in [6.45, 7) is 6.44. The van der Waals surface area contributed by atoms with Crippen molar-refractivity contribution in [2.75, 3.05) is 17.2 Å². The second-order valence-electron chi connectivity index (χ2n) is 10.7. The molecule has 3 N–H and O–H groups in total. The normalized spacial score (nSPS) is 11.8. The summed E-state index contributed by atoms with van der Waals surface area (Å²) >= 11 is 2.77. The van der Waals surface area contributed by atoms with Crippen LogP contribution in [0.5, 0.6) is 5.75 Å². The Bertz CT molecular complexity index is 1910. The van der Waals surface area contributed by atoms with Gasteiger partial charge < -0.3 is 20.7 Å². The number of nitrogens with one attached hydrogen (secondary N) is 3. The Hall–Kier alpha value is -5.19. The Balaban J connectivity index is 1.26. The van der Waals surface area contributed by atoms with Gasteiger partial charge in [-0.2, -0.15) is 0 Å². The monoisotopic (exact) mass is 676 g/mol. The average molecular weight is 677 g/mol. The minimum Gasteiger partial charge on any atom is -0.494 e. The molecule has 0 saturated carbocycles. The standard InChI is InChI=1S/C38H36N4O4S2/c1-4-34(37(45)42-38-41-33(24-47-38)26-18-20-30(21-19-26)46-5-2)48-31-17-11-16-29(23-31)39-36(44)32(22-28-15-10-9-12-25(28)3)40-35(43)27-13-7-6-8-14-27/h6-24,34H,4-5H2,1-3H3,(H,39,44)(H,40,43)(H,41,42,45)/b32-22-. The SMILES string of the molecule is CCOc1ccc(-c2csc(NC(=O)C(CC)Sc3cccc(NC(=O)/C(=C/c4ccccc4C)NC(=O)c4ccccc4)c3)n2)cc1. The van der Waals surface area contributed by atoms with Crippen LogP contribution in [-0.2, 0) is 9.59 Å². The van der Waals surface area contributed by atoms with Crippen LogP contribution in [0.2, 0.25) is 0 Å². The summed E-state index contributed by atoms with van der Waals surface area (Å²) in [5.41, 5.74) is 4.56. The minimum absolute atomic E-state index is 0.107. The second kappa shape index (κ2) is 16.6. The summed E-state index contributed by atoms with van der Waals surface area (Å²) < 4.78 is 5.52. The lowest BCUT2D eigenvalue weighted by Gasteiger charge is -2.15. The summed E-state index contributed by atoms with van der Waals surface area (Å²) in [5.74, 6) is -0.220. The summed E-state index contributed by atoms with van der Waals surface area (Å²) in [4.78, 5) is 45.3. The van der Waals surface area contributed by atoms with E-state index in [2.05, 4.69) is 20.9 Å². The molecule has 4 aromatic carbocycles. The van der Waals surface area contributed by atoms with Crippen molar-refractivity contribution in [3.8, 4) is 17.0 Å². The maximum absolute atomic E-state index is 13.6. The quantitative estimate of drug-likeness (QED) is 0.0853. The molecule has 3 amide bonds. The first-order chi connectivity index (χ1) is 23.3. The average Bonchev–Trinajstić information content (AvgIpc) is 3.57. The highest BCUT2D eigenvalue weighted by Crippen LogP contribution is 2.31. The maximum atomic E-state index is 13.6. The van der Waals surface area contributed by atoms with Crippen molar-refractivity contribution in [2.24, 2.45) is 0 Å². The van der Waals surface area contributed by atoms with Gasteiger partial charge in [0.05, 0.1) is 17.6 Å². The number of nitrogens with zero attached hydrogens (tertiary/aromatic N) is 1. The smallest absolute Gasteiger partial charge is 0.272 e. The van der Waals surface area contributed by atoms with E-state index in [9.17, 15) is 14.4 Å². The number of aryl methyl sites for hydroxylation is 1. The number of hydrogen-bond acceptors (Lipinski definition) is 7. The topological polar surface area (TPSA) is 109 Å². The zero-order chi connectivity index (χ0) is 33.9. The van der Waals surface area contributed by atoms with Crippen LogP contribution in [0.4, 0.5) is 10.8 Å². The predicted molar refractivity (Wildman–Crippen MR) is 195 cm³/mol. The maximum Gasteiger partial charge on any atom is 0.272 e. The van der Waals surface area contributed by atoms with Crippen LogP contribution in [0.1, 0.15) is 41.8 Å². The molecule has 1 atom stereocenters. The summed E-state index contributed by atoms with van der Waals surface area (Å²) in [6.07, 6.45) is 2.25. The molecule has 0 radical (unpaired) electrons. The summed E-state index contributed by atoms with van der Waals surface area (Å²) in [5, 5.41) is 10.7. The fraction of sp³-hybridized carbons (Fsp3) is 0.158. The molecule has 48 heavy (non-hydrogen) atoms. The lowest BCUT2D eigenvalue weighted by molar-refractivity contribution is -0.116. The molecule has 0 aliphatic rings. The Labute approximate surface area is 288 Å². The Morgan fingerprint density at radius 2 is 1.65 bits per heavy atom. The van der Waals surface area contributed by atoms with Gasteiger partial charge in [0.15, 0.2) is 5.13 Å². The van der Waals surface area contributed by atoms with E-state index >= 15 is 0 Å². The van der Waals surface area contributed by atoms with Gasteiger partial charge in [0.2, 0.25) is 5.91 Å². The van der Waals surface area contributed by atoms with Crippen molar-refractivity contribution in [1.82, 2.24) is 10.3 Å². The first-order valence-corrected chi connectivity index (χ1v) is 17.3. The van der Waals surface area contributed by atoms with Crippen molar-refractivity contribution in [3.63, 3.8) is 0 Å². The highest BCUT2D eigenvalue weighted by atomic mass is 32.2. The van der Waals surface area contributed by atoms with Gasteiger partial charge in [-0.3, -0.25) is 14.4 Å². The number of carbonyl (C=O) groups excluding carboxylic acids is 3. The Morgan fingerprint density at radius 3 is 2.38 bits per heavy atom. The van der Waals surface area contributed by atoms with Crippen molar-refractivity contribution in [2.45, 2.75) is 37.3 Å². The molecule has 0 aliphatic heterocycles. The third-order valence-corrected chi connectivity index (χ3v) is 9.36. The highest BCUT2D eigenvalue weighted by molar-refractivity contribution is 8.00. The van der Waals surface area contributed by atoms with Crippen molar-refractivity contribution < 1.29 is 19.1 Å². The molecular formula is C38H36N4O4S2. The molecule has 0 saturated heterocycles. The molecule has 244 valence electrons. The number of ether oxygens (including phenoxy) is 1. The van der Waals surface area contributed by atoms with E-state index in [1.54, 1.807) is 36.4 Å². The number of carbonyl (C=O) groups is 3. The van der Waals surface area contributed by atoms with E-state index < -0.39 is 17.1 Å². The first-order valence-electron chi connectivity index (χ1n) is 15.5. The summed E-state index contributed by atoms with van der Waals surface area (Å²) in [7, 11) is 0. The Morgan fingerprint density at radius 1 is 0.896 bits per heavy atom. The molecule has 0 spiro atoms. The van der Waals surface area contributed by atoms with Crippen LogP contribution in [0.25, 0.3) is 17.3 Å². The molecule has 5 aromatic rings. The first kappa shape index (κ1) is 34.2. The lowest BCUT2D eigenvalue weighted by Crippen LogP contribution is -2.30. The zero-order valence-electron chi connectivity index (χ0n) is 26.9. The summed E-state index contributed by atoms with van der Waals surface area (Å²) in [6, 6.07) is 31.4. The van der Waals surface area contributed by atoms with Gasteiger partial charge >= 0.3 is 0 Å². The third kappa shape index (κ3) is 9.21.